The van der Waals surface area contributed by atoms with Crippen LogP contribution in [0.1, 0.15) is 71.5 Å². The Morgan fingerprint density at radius 1 is 1.20 bits per heavy atom. The highest BCUT2D eigenvalue weighted by molar-refractivity contribution is 6.04. The van der Waals surface area contributed by atoms with Crippen LogP contribution in [0.3, 0.4) is 0 Å². The number of fused-ring (bicyclic) bond motifs is 1. The van der Waals surface area contributed by atoms with E-state index in [9.17, 15) is 4.79 Å². The molecule has 4 nitrogen and oxygen atoms in total. The molecule has 0 saturated heterocycles. The molecule has 1 aromatic carbocycles. The van der Waals surface area contributed by atoms with Gasteiger partial charge in [0.05, 0.1) is 11.9 Å². The van der Waals surface area contributed by atoms with Gasteiger partial charge in [-0.05, 0) is 59.6 Å². The van der Waals surface area contributed by atoms with Crippen LogP contribution >= 0.6 is 0 Å². The first-order valence-corrected chi connectivity index (χ1v) is 9.30. The van der Waals surface area contributed by atoms with Crippen molar-refractivity contribution in [2.45, 2.75) is 51.0 Å². The summed E-state index contributed by atoms with van der Waals surface area (Å²) in [6, 6.07) is 8.14. The molecule has 1 aromatic heterocycles. The van der Waals surface area contributed by atoms with Crippen molar-refractivity contribution < 1.29 is 4.79 Å². The first-order valence-electron chi connectivity index (χ1n) is 9.30. The van der Waals surface area contributed by atoms with Crippen molar-refractivity contribution in [1.82, 2.24) is 10.3 Å². The van der Waals surface area contributed by atoms with Crippen molar-refractivity contribution in [3.63, 3.8) is 0 Å². The number of amides is 1. The van der Waals surface area contributed by atoms with Gasteiger partial charge in [-0.3, -0.25) is 9.78 Å². The maximum Gasteiger partial charge on any atom is 0.255 e. The van der Waals surface area contributed by atoms with Crippen LogP contribution in [0.15, 0.2) is 36.7 Å². The molecular weight excluding hydrogens is 310 g/mol. The predicted molar refractivity (Wildman–Crippen MR) is 100.0 cm³/mol. The average molecular weight is 335 g/mol. The van der Waals surface area contributed by atoms with E-state index < -0.39 is 0 Å². The average Bonchev–Trinajstić information content (AvgIpc) is 3.16. The van der Waals surface area contributed by atoms with Crippen molar-refractivity contribution in [1.29, 1.82) is 0 Å². The third kappa shape index (κ3) is 3.45. The largest absolute Gasteiger partial charge is 0.321 e. The first kappa shape index (κ1) is 16.3. The Hall–Kier alpha value is -2.20. The number of pyridine rings is 1. The van der Waals surface area contributed by atoms with E-state index in [-0.39, 0.29) is 5.91 Å². The molecule has 2 N–H and O–H groups in total. The van der Waals surface area contributed by atoms with Gasteiger partial charge < -0.3 is 10.6 Å². The molecule has 1 unspecified atom stereocenters. The van der Waals surface area contributed by atoms with E-state index in [0.29, 0.717) is 17.4 Å². The third-order valence-electron chi connectivity index (χ3n) is 5.55. The Labute approximate surface area is 149 Å². The van der Waals surface area contributed by atoms with E-state index in [1.807, 2.05) is 18.3 Å². The molecule has 0 radical (unpaired) electrons. The Morgan fingerprint density at radius 3 is 2.88 bits per heavy atom. The number of nitrogens with one attached hydrogen (secondary N) is 2. The zero-order chi connectivity index (χ0) is 17.2. The lowest BCUT2D eigenvalue weighted by molar-refractivity contribution is 0.102. The molecule has 1 aliphatic heterocycles. The fourth-order valence-electron chi connectivity index (χ4n) is 4.13. The molecule has 0 bridgehead atoms. The molecule has 1 atom stereocenters. The van der Waals surface area contributed by atoms with Crippen LogP contribution in [0.5, 0.6) is 0 Å². The topological polar surface area (TPSA) is 54.0 Å². The molecule has 1 amide bonds. The molecule has 2 aliphatic rings. The summed E-state index contributed by atoms with van der Waals surface area (Å²) in [6.45, 7) is 4.04. The summed E-state index contributed by atoms with van der Waals surface area (Å²) in [7, 11) is 0. The second-order valence-electron chi connectivity index (χ2n) is 7.39. The summed E-state index contributed by atoms with van der Waals surface area (Å²) < 4.78 is 0. The number of anilines is 1. The Kier molecular flexibility index (Phi) is 4.53. The minimum absolute atomic E-state index is 0.0635. The number of rotatable bonds is 3. The summed E-state index contributed by atoms with van der Waals surface area (Å²) >= 11 is 0. The van der Waals surface area contributed by atoms with E-state index >= 15 is 0 Å². The number of aromatic nitrogens is 1. The van der Waals surface area contributed by atoms with Crippen LogP contribution in [-0.4, -0.2) is 17.4 Å². The van der Waals surface area contributed by atoms with Gasteiger partial charge in [-0.25, -0.2) is 0 Å². The van der Waals surface area contributed by atoms with E-state index in [0.717, 1.165) is 18.8 Å². The second-order valence-corrected chi connectivity index (χ2v) is 7.39. The van der Waals surface area contributed by atoms with Crippen molar-refractivity contribution in [3.8, 4) is 0 Å². The number of benzene rings is 1. The smallest absolute Gasteiger partial charge is 0.255 e. The number of nitrogens with zero attached hydrogens (tertiary/aromatic N) is 1. The summed E-state index contributed by atoms with van der Waals surface area (Å²) in [5.41, 5.74) is 5.32. The van der Waals surface area contributed by atoms with Gasteiger partial charge in [-0.2, -0.15) is 0 Å². The van der Waals surface area contributed by atoms with Gasteiger partial charge in [-0.15, -0.1) is 0 Å². The highest BCUT2D eigenvalue weighted by Gasteiger charge is 2.19. The van der Waals surface area contributed by atoms with Crippen molar-refractivity contribution in [3.05, 3.63) is 58.9 Å². The maximum atomic E-state index is 12.7. The van der Waals surface area contributed by atoms with Crippen LogP contribution in [-0.2, 0) is 6.54 Å². The molecule has 4 rings (SSSR count). The number of hydrogen-bond acceptors (Lipinski definition) is 3. The third-order valence-corrected chi connectivity index (χ3v) is 5.55. The molecule has 4 heteroatoms. The first-order chi connectivity index (χ1) is 12.2. The lowest BCUT2D eigenvalue weighted by Crippen LogP contribution is -2.27. The van der Waals surface area contributed by atoms with Crippen molar-refractivity contribution in [2.75, 3.05) is 11.9 Å². The van der Waals surface area contributed by atoms with Gasteiger partial charge in [0.2, 0.25) is 0 Å². The van der Waals surface area contributed by atoms with E-state index in [2.05, 4.69) is 34.7 Å². The SMILES string of the molecule is CC1CNCc2cc(C(=O)Nc3cncc(C4CCCC4)c3)ccc21. The molecule has 1 fully saturated rings. The van der Waals surface area contributed by atoms with E-state index in [1.54, 1.807) is 6.20 Å². The predicted octanol–water partition coefficient (Wildman–Crippen LogP) is 4.20. The second kappa shape index (κ2) is 6.96. The van der Waals surface area contributed by atoms with Gasteiger partial charge in [0, 0.05) is 24.8 Å². The molecule has 2 heterocycles. The fourth-order valence-corrected chi connectivity index (χ4v) is 4.13. The highest BCUT2D eigenvalue weighted by atomic mass is 16.1. The number of carbonyl (C=O) groups is 1. The quantitative estimate of drug-likeness (QED) is 0.884. The van der Waals surface area contributed by atoms with Crippen LogP contribution in [0.25, 0.3) is 0 Å². The van der Waals surface area contributed by atoms with Gasteiger partial charge in [0.25, 0.3) is 5.91 Å². The normalized spacial score (nSPS) is 20.3. The Bertz CT molecular complexity index is 780. The molecule has 25 heavy (non-hydrogen) atoms. The van der Waals surface area contributed by atoms with Crippen molar-refractivity contribution in [2.24, 2.45) is 0 Å². The minimum Gasteiger partial charge on any atom is -0.321 e. The maximum absolute atomic E-state index is 12.7. The molecule has 2 aromatic rings. The van der Waals surface area contributed by atoms with Crippen LogP contribution in [0.4, 0.5) is 5.69 Å². The van der Waals surface area contributed by atoms with Gasteiger partial charge in [0.15, 0.2) is 0 Å². The minimum atomic E-state index is -0.0635. The number of carbonyl (C=O) groups excluding carboxylic acids is 1. The highest BCUT2D eigenvalue weighted by Crippen LogP contribution is 2.34. The fraction of sp³-hybridized carbons (Fsp3) is 0.429. The zero-order valence-corrected chi connectivity index (χ0v) is 14.7. The summed E-state index contributed by atoms with van der Waals surface area (Å²) in [6.07, 6.45) is 8.73. The zero-order valence-electron chi connectivity index (χ0n) is 14.7. The Balaban J connectivity index is 1.51. The lowest BCUT2D eigenvalue weighted by Gasteiger charge is -2.23. The van der Waals surface area contributed by atoms with Crippen molar-refractivity contribution >= 4 is 11.6 Å². The van der Waals surface area contributed by atoms with E-state index in [1.165, 1.54) is 42.4 Å². The van der Waals surface area contributed by atoms with Crippen LogP contribution in [0.2, 0.25) is 0 Å². The molecule has 1 saturated carbocycles. The van der Waals surface area contributed by atoms with Crippen LogP contribution < -0.4 is 10.6 Å². The van der Waals surface area contributed by atoms with Crippen LogP contribution in [0, 0.1) is 0 Å². The van der Waals surface area contributed by atoms with Gasteiger partial charge in [0.1, 0.15) is 0 Å². The molecular formula is C21H25N3O. The lowest BCUT2D eigenvalue weighted by atomic mass is 9.91. The molecule has 0 spiro atoms. The van der Waals surface area contributed by atoms with E-state index in [4.69, 9.17) is 0 Å². The van der Waals surface area contributed by atoms with Gasteiger partial charge in [-0.1, -0.05) is 25.8 Å². The summed E-state index contributed by atoms with van der Waals surface area (Å²) in [5.74, 6) is 1.03. The standard InChI is InChI=1S/C21H25N3O/c1-14-10-22-12-18-8-16(6-7-20(14)18)21(25)24-19-9-17(11-23-13-19)15-4-2-3-5-15/h6-9,11,13-15,22H,2-5,10,12H2,1H3,(H,24,25). The van der Waals surface area contributed by atoms with Gasteiger partial charge >= 0.3 is 0 Å². The summed E-state index contributed by atoms with van der Waals surface area (Å²) in [5, 5.41) is 6.42. The monoisotopic (exact) mass is 335 g/mol. The number of hydrogen-bond donors (Lipinski definition) is 2. The molecule has 130 valence electrons. The summed E-state index contributed by atoms with van der Waals surface area (Å²) in [4.78, 5) is 17.0. The molecule has 1 aliphatic carbocycles. The Morgan fingerprint density at radius 2 is 2.04 bits per heavy atom.